The average molecular weight is 264 g/mol. The SMILES string of the molecule is CCCOc1cc(NCCOCC2CC2)ccc1N. The van der Waals surface area contributed by atoms with E-state index in [0.29, 0.717) is 12.3 Å². The zero-order valence-corrected chi connectivity index (χ0v) is 11.7. The molecular formula is C15H24N2O2. The molecule has 1 aromatic carbocycles. The van der Waals surface area contributed by atoms with E-state index in [-0.39, 0.29) is 0 Å². The van der Waals surface area contributed by atoms with Gasteiger partial charge in [0.1, 0.15) is 5.75 Å². The van der Waals surface area contributed by atoms with Gasteiger partial charge in [0.2, 0.25) is 0 Å². The Morgan fingerprint density at radius 3 is 2.89 bits per heavy atom. The summed E-state index contributed by atoms with van der Waals surface area (Å²) in [7, 11) is 0. The zero-order valence-electron chi connectivity index (χ0n) is 11.7. The molecule has 2 rings (SSSR count). The first-order chi connectivity index (χ1) is 9.29. The van der Waals surface area contributed by atoms with Gasteiger partial charge in [-0.25, -0.2) is 0 Å². The summed E-state index contributed by atoms with van der Waals surface area (Å²) in [6, 6.07) is 5.79. The first kappa shape index (κ1) is 14.0. The van der Waals surface area contributed by atoms with Gasteiger partial charge in [-0.05, 0) is 37.3 Å². The molecule has 0 amide bonds. The zero-order chi connectivity index (χ0) is 13.5. The molecule has 3 N–H and O–H groups in total. The van der Waals surface area contributed by atoms with Crippen LogP contribution in [0.3, 0.4) is 0 Å². The van der Waals surface area contributed by atoms with Crippen molar-refractivity contribution in [1.29, 1.82) is 0 Å². The molecule has 1 aliphatic rings. The highest BCUT2D eigenvalue weighted by Gasteiger charge is 2.20. The molecule has 4 heteroatoms. The molecule has 0 aromatic heterocycles. The highest BCUT2D eigenvalue weighted by molar-refractivity contribution is 5.61. The van der Waals surface area contributed by atoms with Crippen LogP contribution in [0.2, 0.25) is 0 Å². The van der Waals surface area contributed by atoms with Crippen LogP contribution in [0.25, 0.3) is 0 Å². The van der Waals surface area contributed by atoms with Crippen LogP contribution in [0.4, 0.5) is 11.4 Å². The predicted molar refractivity (Wildman–Crippen MR) is 78.7 cm³/mol. The Balaban J connectivity index is 1.72. The number of ether oxygens (including phenoxy) is 2. The molecule has 4 nitrogen and oxygen atoms in total. The van der Waals surface area contributed by atoms with Gasteiger partial charge in [0, 0.05) is 24.9 Å². The van der Waals surface area contributed by atoms with E-state index in [9.17, 15) is 0 Å². The van der Waals surface area contributed by atoms with Crippen molar-refractivity contribution in [2.75, 3.05) is 37.4 Å². The minimum atomic E-state index is 0.684. The second-order valence-corrected chi connectivity index (χ2v) is 5.05. The summed E-state index contributed by atoms with van der Waals surface area (Å²) in [5, 5.41) is 3.32. The first-order valence-electron chi connectivity index (χ1n) is 7.13. The maximum Gasteiger partial charge on any atom is 0.144 e. The van der Waals surface area contributed by atoms with E-state index in [1.807, 2.05) is 18.2 Å². The Bertz CT molecular complexity index is 392. The normalized spacial score (nSPS) is 14.4. The summed E-state index contributed by atoms with van der Waals surface area (Å²) in [5.41, 5.74) is 7.58. The van der Waals surface area contributed by atoms with Gasteiger partial charge in [0.05, 0.1) is 18.9 Å². The lowest BCUT2D eigenvalue weighted by atomic mass is 10.2. The summed E-state index contributed by atoms with van der Waals surface area (Å²) in [6.07, 6.45) is 3.65. The van der Waals surface area contributed by atoms with Crippen LogP contribution < -0.4 is 15.8 Å². The lowest BCUT2D eigenvalue weighted by Crippen LogP contribution is -2.11. The molecule has 0 aliphatic heterocycles. The Hall–Kier alpha value is -1.42. The number of nitrogens with two attached hydrogens (primary N) is 1. The van der Waals surface area contributed by atoms with Gasteiger partial charge in [-0.15, -0.1) is 0 Å². The van der Waals surface area contributed by atoms with Crippen molar-refractivity contribution in [1.82, 2.24) is 0 Å². The monoisotopic (exact) mass is 264 g/mol. The number of anilines is 2. The molecule has 106 valence electrons. The van der Waals surface area contributed by atoms with Gasteiger partial charge in [-0.2, -0.15) is 0 Å². The molecule has 0 radical (unpaired) electrons. The van der Waals surface area contributed by atoms with Crippen molar-refractivity contribution in [3.05, 3.63) is 18.2 Å². The van der Waals surface area contributed by atoms with E-state index in [2.05, 4.69) is 12.2 Å². The summed E-state index contributed by atoms with van der Waals surface area (Å²) in [5.74, 6) is 1.58. The third-order valence-corrected chi connectivity index (χ3v) is 3.10. The Labute approximate surface area is 115 Å². The van der Waals surface area contributed by atoms with Gasteiger partial charge in [-0.1, -0.05) is 6.92 Å². The predicted octanol–water partition coefficient (Wildman–Crippen LogP) is 2.90. The lowest BCUT2D eigenvalue weighted by molar-refractivity contribution is 0.134. The summed E-state index contributed by atoms with van der Waals surface area (Å²) in [4.78, 5) is 0. The molecule has 1 aromatic rings. The van der Waals surface area contributed by atoms with Crippen LogP contribution in [0.1, 0.15) is 26.2 Å². The fourth-order valence-electron chi connectivity index (χ4n) is 1.78. The van der Waals surface area contributed by atoms with Crippen molar-refractivity contribution < 1.29 is 9.47 Å². The van der Waals surface area contributed by atoms with E-state index in [1.165, 1.54) is 12.8 Å². The van der Waals surface area contributed by atoms with Crippen molar-refractivity contribution >= 4 is 11.4 Å². The molecule has 19 heavy (non-hydrogen) atoms. The van der Waals surface area contributed by atoms with Crippen molar-refractivity contribution in [3.8, 4) is 5.75 Å². The molecule has 0 bridgehead atoms. The first-order valence-corrected chi connectivity index (χ1v) is 7.13. The quantitative estimate of drug-likeness (QED) is 0.532. The van der Waals surface area contributed by atoms with E-state index < -0.39 is 0 Å². The molecule has 0 spiro atoms. The molecule has 0 unspecified atom stereocenters. The summed E-state index contributed by atoms with van der Waals surface area (Å²) in [6.45, 7) is 5.23. The summed E-state index contributed by atoms with van der Waals surface area (Å²) < 4.78 is 11.2. The molecule has 0 atom stereocenters. The minimum Gasteiger partial charge on any atom is -0.491 e. The standard InChI is InChI=1S/C15H24N2O2/c1-2-8-19-15-10-13(5-6-14(15)16)17-7-9-18-11-12-3-4-12/h5-6,10,12,17H,2-4,7-9,11,16H2,1H3. The largest absolute Gasteiger partial charge is 0.491 e. The van der Waals surface area contributed by atoms with E-state index >= 15 is 0 Å². The molecular weight excluding hydrogens is 240 g/mol. The molecule has 0 heterocycles. The van der Waals surface area contributed by atoms with Crippen LogP contribution in [-0.4, -0.2) is 26.4 Å². The van der Waals surface area contributed by atoms with Gasteiger partial charge in [0.25, 0.3) is 0 Å². The maximum absolute atomic E-state index is 5.87. The molecule has 1 fully saturated rings. The van der Waals surface area contributed by atoms with Crippen LogP contribution in [0.15, 0.2) is 18.2 Å². The highest BCUT2D eigenvalue weighted by atomic mass is 16.5. The number of hydrogen-bond donors (Lipinski definition) is 2. The van der Waals surface area contributed by atoms with Crippen molar-refractivity contribution in [2.45, 2.75) is 26.2 Å². The second-order valence-electron chi connectivity index (χ2n) is 5.05. The number of benzene rings is 1. The Morgan fingerprint density at radius 1 is 1.32 bits per heavy atom. The fraction of sp³-hybridized carbons (Fsp3) is 0.600. The van der Waals surface area contributed by atoms with Gasteiger partial charge in [-0.3, -0.25) is 0 Å². The number of hydrogen-bond acceptors (Lipinski definition) is 4. The lowest BCUT2D eigenvalue weighted by Gasteiger charge is -2.11. The van der Waals surface area contributed by atoms with E-state index in [4.69, 9.17) is 15.2 Å². The van der Waals surface area contributed by atoms with Gasteiger partial charge in [0.15, 0.2) is 0 Å². The van der Waals surface area contributed by atoms with Gasteiger partial charge < -0.3 is 20.5 Å². The third-order valence-electron chi connectivity index (χ3n) is 3.10. The molecule has 1 saturated carbocycles. The highest BCUT2D eigenvalue weighted by Crippen LogP contribution is 2.28. The van der Waals surface area contributed by atoms with Crippen LogP contribution >= 0.6 is 0 Å². The Morgan fingerprint density at radius 2 is 2.16 bits per heavy atom. The smallest absolute Gasteiger partial charge is 0.144 e. The molecule has 1 aliphatic carbocycles. The van der Waals surface area contributed by atoms with Crippen molar-refractivity contribution in [2.24, 2.45) is 5.92 Å². The van der Waals surface area contributed by atoms with E-state index in [0.717, 1.165) is 43.5 Å². The van der Waals surface area contributed by atoms with Crippen LogP contribution in [0, 0.1) is 5.92 Å². The van der Waals surface area contributed by atoms with Crippen LogP contribution in [0.5, 0.6) is 5.75 Å². The number of nitrogen functional groups attached to an aromatic ring is 1. The van der Waals surface area contributed by atoms with Crippen molar-refractivity contribution in [3.63, 3.8) is 0 Å². The second kappa shape index (κ2) is 7.24. The van der Waals surface area contributed by atoms with Crippen LogP contribution in [-0.2, 0) is 4.74 Å². The molecule has 0 saturated heterocycles. The average Bonchev–Trinajstić information content (AvgIpc) is 3.23. The fourth-order valence-corrected chi connectivity index (χ4v) is 1.78. The number of nitrogens with one attached hydrogen (secondary N) is 1. The van der Waals surface area contributed by atoms with E-state index in [1.54, 1.807) is 0 Å². The topological polar surface area (TPSA) is 56.5 Å². The third kappa shape index (κ3) is 4.99. The Kier molecular flexibility index (Phi) is 5.33. The maximum atomic E-state index is 5.87. The van der Waals surface area contributed by atoms with Gasteiger partial charge >= 0.3 is 0 Å². The summed E-state index contributed by atoms with van der Waals surface area (Å²) >= 11 is 0. The number of rotatable bonds is 9. The minimum absolute atomic E-state index is 0.684.